The highest BCUT2D eigenvalue weighted by Crippen LogP contribution is 2.33. The molecule has 0 aliphatic heterocycles. The molecule has 0 spiro atoms. The van der Waals surface area contributed by atoms with E-state index in [-0.39, 0.29) is 0 Å². The summed E-state index contributed by atoms with van der Waals surface area (Å²) >= 11 is 0. The van der Waals surface area contributed by atoms with Crippen LogP contribution in [-0.2, 0) is 6.42 Å². The van der Waals surface area contributed by atoms with Crippen LogP contribution < -0.4 is 5.73 Å². The predicted molar refractivity (Wildman–Crippen MR) is 86.1 cm³/mol. The number of aryl methyl sites for hydroxylation is 3. The maximum atomic E-state index is 11.5. The smallest absolute Gasteiger partial charge is 0.335 e. The van der Waals surface area contributed by atoms with Gasteiger partial charge in [0.05, 0.1) is 11.1 Å². The van der Waals surface area contributed by atoms with Gasteiger partial charge in [-0.05, 0) is 69.8 Å². The topological polar surface area (TPSA) is 68.2 Å². The van der Waals surface area contributed by atoms with Crippen molar-refractivity contribution in [2.45, 2.75) is 46.6 Å². The van der Waals surface area contributed by atoms with Gasteiger partial charge in [0.2, 0.25) is 0 Å². The molecule has 1 heterocycles. The van der Waals surface area contributed by atoms with Crippen molar-refractivity contribution in [3.05, 3.63) is 34.5 Å². The first-order chi connectivity index (χ1) is 9.88. The van der Waals surface area contributed by atoms with Gasteiger partial charge in [-0.1, -0.05) is 0 Å². The van der Waals surface area contributed by atoms with E-state index in [9.17, 15) is 9.90 Å². The Balaban J connectivity index is 2.81. The van der Waals surface area contributed by atoms with Crippen LogP contribution in [0.15, 0.2) is 12.3 Å². The second-order valence-corrected chi connectivity index (χ2v) is 5.94. The Labute approximate surface area is 125 Å². The molecule has 114 valence electrons. The zero-order valence-corrected chi connectivity index (χ0v) is 13.2. The maximum Gasteiger partial charge on any atom is 0.335 e. The van der Waals surface area contributed by atoms with E-state index in [4.69, 9.17) is 5.73 Å². The average molecular weight is 288 g/mol. The van der Waals surface area contributed by atoms with Crippen LogP contribution in [-0.4, -0.2) is 22.2 Å². The first-order valence-corrected chi connectivity index (χ1v) is 7.45. The van der Waals surface area contributed by atoms with Gasteiger partial charge in [0.25, 0.3) is 0 Å². The monoisotopic (exact) mass is 288 g/mol. The van der Waals surface area contributed by atoms with E-state index in [2.05, 4.69) is 24.6 Å². The van der Waals surface area contributed by atoms with Crippen molar-refractivity contribution in [2.75, 3.05) is 6.54 Å². The molecule has 0 fully saturated rings. The minimum Gasteiger partial charge on any atom is -0.478 e. The zero-order valence-electron chi connectivity index (χ0n) is 13.2. The molecule has 1 aromatic heterocycles. The van der Waals surface area contributed by atoms with Crippen LogP contribution in [0.5, 0.6) is 0 Å². The molecule has 0 bridgehead atoms. The third kappa shape index (κ3) is 2.68. The number of aromatic carboxylic acids is 1. The molecular weight excluding hydrogens is 264 g/mol. The molecule has 2 rings (SSSR count). The molecule has 21 heavy (non-hydrogen) atoms. The Morgan fingerprint density at radius 2 is 2.05 bits per heavy atom. The molecule has 0 radical (unpaired) electrons. The summed E-state index contributed by atoms with van der Waals surface area (Å²) in [5.74, 6) is -0.862. The maximum absolute atomic E-state index is 11.5. The molecule has 0 amide bonds. The molecule has 0 aliphatic carbocycles. The van der Waals surface area contributed by atoms with Gasteiger partial charge in [-0.2, -0.15) is 0 Å². The van der Waals surface area contributed by atoms with Crippen molar-refractivity contribution in [1.82, 2.24) is 4.57 Å². The summed E-state index contributed by atoms with van der Waals surface area (Å²) in [6.07, 6.45) is 3.96. The van der Waals surface area contributed by atoms with Crippen LogP contribution in [0.25, 0.3) is 10.9 Å². The number of rotatable bonds is 5. The Morgan fingerprint density at radius 3 is 2.57 bits per heavy atom. The molecule has 2 aromatic rings. The van der Waals surface area contributed by atoms with Crippen molar-refractivity contribution < 1.29 is 9.90 Å². The fourth-order valence-corrected chi connectivity index (χ4v) is 3.04. The Hall–Kier alpha value is -1.81. The minimum atomic E-state index is -0.862. The number of hydrogen-bond donors (Lipinski definition) is 2. The van der Waals surface area contributed by atoms with E-state index in [1.807, 2.05) is 13.8 Å². The lowest BCUT2D eigenvalue weighted by Crippen LogP contribution is -2.04. The summed E-state index contributed by atoms with van der Waals surface area (Å²) in [4.78, 5) is 11.5. The number of fused-ring (bicyclic) bond motifs is 1. The quantitative estimate of drug-likeness (QED) is 0.885. The SMILES string of the molecule is Cc1c(C(=O)O)cc(C)c2c1c(CCCN)cn2C(C)C. The average Bonchev–Trinajstić information content (AvgIpc) is 2.80. The van der Waals surface area contributed by atoms with E-state index in [1.54, 1.807) is 6.07 Å². The fourth-order valence-electron chi connectivity index (χ4n) is 3.04. The molecule has 0 saturated carbocycles. The number of carbonyl (C=O) groups is 1. The van der Waals surface area contributed by atoms with Crippen molar-refractivity contribution >= 4 is 16.9 Å². The lowest BCUT2D eigenvalue weighted by Gasteiger charge is -2.13. The summed E-state index contributed by atoms with van der Waals surface area (Å²) < 4.78 is 2.25. The summed E-state index contributed by atoms with van der Waals surface area (Å²) in [6, 6.07) is 2.12. The molecule has 0 atom stereocenters. The van der Waals surface area contributed by atoms with Gasteiger partial charge < -0.3 is 15.4 Å². The zero-order chi connectivity index (χ0) is 15.7. The summed E-state index contributed by atoms with van der Waals surface area (Å²) in [6.45, 7) is 8.82. The standard InChI is InChI=1S/C17H24N2O2/c1-10(2)19-9-13(6-5-7-18)15-12(4)14(17(20)21)8-11(3)16(15)19/h8-10H,5-7,18H2,1-4H3,(H,20,21). The highest BCUT2D eigenvalue weighted by Gasteiger charge is 2.19. The molecule has 0 aliphatic rings. The van der Waals surface area contributed by atoms with E-state index in [0.717, 1.165) is 34.9 Å². The van der Waals surface area contributed by atoms with E-state index in [1.165, 1.54) is 5.56 Å². The Bertz CT molecular complexity index is 684. The number of aromatic nitrogens is 1. The normalized spacial score (nSPS) is 11.5. The number of hydrogen-bond acceptors (Lipinski definition) is 2. The van der Waals surface area contributed by atoms with Crippen LogP contribution in [0, 0.1) is 13.8 Å². The molecule has 0 saturated heterocycles. The van der Waals surface area contributed by atoms with Gasteiger partial charge in [-0.15, -0.1) is 0 Å². The molecular formula is C17H24N2O2. The van der Waals surface area contributed by atoms with Crippen LogP contribution >= 0.6 is 0 Å². The van der Waals surface area contributed by atoms with E-state index < -0.39 is 5.97 Å². The number of benzene rings is 1. The minimum absolute atomic E-state index is 0.341. The van der Waals surface area contributed by atoms with Crippen molar-refractivity contribution in [3.63, 3.8) is 0 Å². The second-order valence-electron chi connectivity index (χ2n) is 5.94. The number of nitrogens with zero attached hydrogens (tertiary/aromatic N) is 1. The Kier molecular flexibility index (Phi) is 4.37. The molecule has 3 N–H and O–H groups in total. The largest absolute Gasteiger partial charge is 0.478 e. The first kappa shape index (κ1) is 15.6. The van der Waals surface area contributed by atoms with Crippen molar-refractivity contribution in [1.29, 1.82) is 0 Å². The molecule has 4 nitrogen and oxygen atoms in total. The first-order valence-electron chi connectivity index (χ1n) is 7.45. The van der Waals surface area contributed by atoms with Crippen LogP contribution in [0.2, 0.25) is 0 Å². The highest BCUT2D eigenvalue weighted by molar-refractivity contribution is 6.00. The van der Waals surface area contributed by atoms with Crippen LogP contribution in [0.4, 0.5) is 0 Å². The number of carboxylic acid groups (broad SMARTS) is 1. The van der Waals surface area contributed by atoms with Gasteiger partial charge in [-0.3, -0.25) is 0 Å². The summed E-state index contributed by atoms with van der Waals surface area (Å²) in [5.41, 5.74) is 10.3. The highest BCUT2D eigenvalue weighted by atomic mass is 16.4. The third-order valence-corrected chi connectivity index (χ3v) is 4.06. The number of nitrogens with two attached hydrogens (primary N) is 1. The van der Waals surface area contributed by atoms with Gasteiger partial charge in [0.15, 0.2) is 0 Å². The lowest BCUT2D eigenvalue weighted by molar-refractivity contribution is 0.0696. The Morgan fingerprint density at radius 1 is 1.38 bits per heavy atom. The van der Waals surface area contributed by atoms with Gasteiger partial charge >= 0.3 is 5.97 Å². The van der Waals surface area contributed by atoms with Crippen LogP contribution in [0.3, 0.4) is 0 Å². The predicted octanol–water partition coefficient (Wildman–Crippen LogP) is 3.43. The molecule has 0 unspecified atom stereocenters. The fraction of sp³-hybridized carbons (Fsp3) is 0.471. The van der Waals surface area contributed by atoms with Crippen molar-refractivity contribution in [3.8, 4) is 0 Å². The van der Waals surface area contributed by atoms with E-state index in [0.29, 0.717) is 18.2 Å². The van der Waals surface area contributed by atoms with Gasteiger partial charge in [0, 0.05) is 17.6 Å². The molecule has 1 aromatic carbocycles. The summed E-state index contributed by atoms with van der Waals surface area (Å²) in [5, 5.41) is 10.5. The summed E-state index contributed by atoms with van der Waals surface area (Å²) in [7, 11) is 0. The lowest BCUT2D eigenvalue weighted by atomic mass is 9.96. The number of carboxylic acids is 1. The third-order valence-electron chi connectivity index (χ3n) is 4.06. The molecule has 4 heteroatoms. The van der Waals surface area contributed by atoms with E-state index >= 15 is 0 Å². The second kappa shape index (κ2) is 5.90. The van der Waals surface area contributed by atoms with Crippen LogP contribution in [0.1, 0.15) is 53.4 Å². The van der Waals surface area contributed by atoms with Gasteiger partial charge in [-0.25, -0.2) is 4.79 Å². The van der Waals surface area contributed by atoms with Gasteiger partial charge in [0.1, 0.15) is 0 Å². The van der Waals surface area contributed by atoms with Crippen molar-refractivity contribution in [2.24, 2.45) is 5.73 Å².